The van der Waals surface area contributed by atoms with E-state index < -0.39 is 41.6 Å². The van der Waals surface area contributed by atoms with Crippen LogP contribution in [0.25, 0.3) is 0 Å². The summed E-state index contributed by atoms with van der Waals surface area (Å²) in [7, 11) is 1.22. The molecule has 2 aromatic rings. The fourth-order valence-electron chi connectivity index (χ4n) is 3.87. The molecule has 3 atom stereocenters. The highest BCUT2D eigenvalue weighted by molar-refractivity contribution is 6.33. The predicted octanol–water partition coefficient (Wildman–Crippen LogP) is 1.76. The number of ether oxygens (including phenoxy) is 2. The fourth-order valence-corrected chi connectivity index (χ4v) is 3.87. The zero-order valence-corrected chi connectivity index (χ0v) is 16.3. The van der Waals surface area contributed by atoms with Crippen LogP contribution < -0.4 is 9.64 Å². The molecule has 4 rings (SSSR count). The molecule has 8 heteroatoms. The Balaban J connectivity index is 1.72. The number of amides is 2. The molecular formula is C22H18N2O6. The van der Waals surface area contributed by atoms with Crippen molar-refractivity contribution in [1.29, 1.82) is 0 Å². The lowest BCUT2D eigenvalue weighted by molar-refractivity contribution is -0.145. The average molecular weight is 406 g/mol. The molecule has 8 nitrogen and oxygen atoms in total. The molecule has 1 fully saturated rings. The molecule has 0 spiro atoms. The second-order valence-electron chi connectivity index (χ2n) is 6.95. The minimum absolute atomic E-state index is 0.296. The summed E-state index contributed by atoms with van der Waals surface area (Å²) < 4.78 is 9.82. The number of benzene rings is 2. The van der Waals surface area contributed by atoms with Crippen LogP contribution in [0, 0.1) is 11.8 Å². The van der Waals surface area contributed by atoms with Crippen LogP contribution in [0.5, 0.6) is 5.75 Å². The lowest BCUT2D eigenvalue weighted by Crippen LogP contribution is -2.36. The summed E-state index contributed by atoms with van der Waals surface area (Å²) >= 11 is 0. The van der Waals surface area contributed by atoms with Crippen LogP contribution >= 0.6 is 0 Å². The van der Waals surface area contributed by atoms with Crippen LogP contribution in [0.4, 0.5) is 5.69 Å². The standard InChI is InChI=1S/C22H18N2O6/c1-12(25)30-15-10-8-14(9-11-15)24-20(26)16-17(21(24)27)19(22(28)29-2)23-18(16)13-6-4-3-5-7-13/h3-11,16-17,19H,1-2H3/t16-,17+,19+/m0/s1. The lowest BCUT2D eigenvalue weighted by atomic mass is 9.86. The zero-order valence-electron chi connectivity index (χ0n) is 16.3. The molecule has 0 aromatic heterocycles. The van der Waals surface area contributed by atoms with Crippen LogP contribution in [0.1, 0.15) is 12.5 Å². The topological polar surface area (TPSA) is 102 Å². The van der Waals surface area contributed by atoms with Crippen LogP contribution in [0.3, 0.4) is 0 Å². The Bertz CT molecular complexity index is 1060. The molecule has 2 aliphatic rings. The molecule has 0 unspecified atom stereocenters. The van der Waals surface area contributed by atoms with Crippen molar-refractivity contribution < 1.29 is 28.7 Å². The molecule has 2 amide bonds. The quantitative estimate of drug-likeness (QED) is 0.436. The van der Waals surface area contributed by atoms with Gasteiger partial charge >= 0.3 is 11.9 Å². The second-order valence-corrected chi connectivity index (χ2v) is 6.95. The van der Waals surface area contributed by atoms with E-state index in [1.54, 1.807) is 24.3 Å². The summed E-state index contributed by atoms with van der Waals surface area (Å²) in [6.45, 7) is 1.28. The van der Waals surface area contributed by atoms with Crippen molar-refractivity contribution >= 4 is 35.2 Å². The fraction of sp³-hybridized carbons (Fsp3) is 0.227. The lowest BCUT2D eigenvalue weighted by Gasteiger charge is -2.17. The maximum Gasteiger partial charge on any atom is 0.331 e. The third-order valence-corrected chi connectivity index (χ3v) is 5.13. The van der Waals surface area contributed by atoms with Gasteiger partial charge in [0.2, 0.25) is 11.8 Å². The van der Waals surface area contributed by atoms with E-state index in [9.17, 15) is 19.2 Å². The number of carbonyl (C=O) groups excluding carboxylic acids is 4. The van der Waals surface area contributed by atoms with Gasteiger partial charge in [-0.1, -0.05) is 30.3 Å². The van der Waals surface area contributed by atoms with Crippen LogP contribution in [-0.4, -0.2) is 42.6 Å². The van der Waals surface area contributed by atoms with Crippen molar-refractivity contribution in [3.63, 3.8) is 0 Å². The maximum absolute atomic E-state index is 13.3. The Kier molecular flexibility index (Phi) is 4.91. The Labute approximate surface area is 172 Å². The van der Waals surface area contributed by atoms with E-state index in [1.807, 2.05) is 6.07 Å². The van der Waals surface area contributed by atoms with E-state index in [0.717, 1.165) is 4.90 Å². The van der Waals surface area contributed by atoms with Gasteiger partial charge in [0.25, 0.3) is 0 Å². The Hall–Kier alpha value is -3.81. The Morgan fingerprint density at radius 2 is 1.63 bits per heavy atom. The molecule has 2 aromatic carbocycles. The van der Waals surface area contributed by atoms with E-state index in [4.69, 9.17) is 9.47 Å². The molecule has 152 valence electrons. The number of methoxy groups -OCH3 is 1. The number of carbonyl (C=O) groups is 4. The Morgan fingerprint density at radius 3 is 2.23 bits per heavy atom. The monoisotopic (exact) mass is 406 g/mol. The molecule has 30 heavy (non-hydrogen) atoms. The van der Waals surface area contributed by atoms with Crippen molar-refractivity contribution in [2.24, 2.45) is 16.8 Å². The highest BCUT2D eigenvalue weighted by Crippen LogP contribution is 2.41. The van der Waals surface area contributed by atoms with Crippen molar-refractivity contribution in [2.45, 2.75) is 13.0 Å². The van der Waals surface area contributed by atoms with Gasteiger partial charge < -0.3 is 9.47 Å². The molecule has 2 heterocycles. The Morgan fingerprint density at radius 1 is 0.967 bits per heavy atom. The number of imide groups is 1. The third-order valence-electron chi connectivity index (χ3n) is 5.13. The summed E-state index contributed by atoms with van der Waals surface area (Å²) in [4.78, 5) is 55.4. The molecule has 0 N–H and O–H groups in total. The smallest absolute Gasteiger partial charge is 0.331 e. The third kappa shape index (κ3) is 3.16. The number of hydrogen-bond acceptors (Lipinski definition) is 7. The number of fused-ring (bicyclic) bond motifs is 1. The maximum atomic E-state index is 13.3. The van der Waals surface area contributed by atoms with E-state index in [2.05, 4.69) is 4.99 Å². The second kappa shape index (κ2) is 7.55. The first-order valence-electron chi connectivity index (χ1n) is 9.29. The number of rotatable bonds is 4. The van der Waals surface area contributed by atoms with Gasteiger partial charge in [0.15, 0.2) is 6.04 Å². The highest BCUT2D eigenvalue weighted by atomic mass is 16.5. The largest absolute Gasteiger partial charge is 0.467 e. The molecule has 1 saturated heterocycles. The summed E-state index contributed by atoms with van der Waals surface area (Å²) in [5.74, 6) is -3.66. The molecular weight excluding hydrogens is 388 g/mol. The van der Waals surface area contributed by atoms with Gasteiger partial charge in [-0.3, -0.25) is 19.4 Å². The van der Waals surface area contributed by atoms with Crippen LogP contribution in [0.15, 0.2) is 59.6 Å². The SMILES string of the molecule is COC(=O)[C@@H]1N=C(c2ccccc2)[C@H]2C(=O)N(c3ccc(OC(C)=O)cc3)C(=O)[C@H]21. The summed E-state index contributed by atoms with van der Waals surface area (Å²) in [5, 5.41) is 0. The highest BCUT2D eigenvalue weighted by Gasteiger charge is 2.59. The summed E-state index contributed by atoms with van der Waals surface area (Å²) in [6.07, 6.45) is 0. The van der Waals surface area contributed by atoms with E-state index in [0.29, 0.717) is 22.7 Å². The van der Waals surface area contributed by atoms with Gasteiger partial charge in [0.05, 0.1) is 30.3 Å². The van der Waals surface area contributed by atoms with Crippen LogP contribution in [-0.2, 0) is 23.9 Å². The van der Waals surface area contributed by atoms with Crippen molar-refractivity contribution in [3.05, 3.63) is 60.2 Å². The molecule has 0 saturated carbocycles. The number of esters is 2. The van der Waals surface area contributed by atoms with Crippen LogP contribution in [0.2, 0.25) is 0 Å². The first kappa shape index (κ1) is 19.5. The normalized spacial score (nSPS) is 22.5. The molecule has 0 bridgehead atoms. The summed E-state index contributed by atoms with van der Waals surface area (Å²) in [6, 6.07) is 13.9. The van der Waals surface area contributed by atoms with Gasteiger partial charge in [0.1, 0.15) is 5.75 Å². The summed E-state index contributed by atoms with van der Waals surface area (Å²) in [5.41, 5.74) is 1.40. The van der Waals surface area contributed by atoms with E-state index >= 15 is 0 Å². The van der Waals surface area contributed by atoms with Gasteiger partial charge in [0, 0.05) is 6.92 Å². The number of anilines is 1. The first-order valence-corrected chi connectivity index (χ1v) is 9.29. The molecule has 0 radical (unpaired) electrons. The van der Waals surface area contributed by atoms with Crippen molar-refractivity contribution in [3.8, 4) is 5.75 Å². The first-order chi connectivity index (χ1) is 14.4. The number of nitrogens with zero attached hydrogens (tertiary/aromatic N) is 2. The van der Waals surface area contributed by atoms with Gasteiger partial charge in [-0.25, -0.2) is 9.69 Å². The number of aliphatic imine (C=N–C) groups is 1. The zero-order chi connectivity index (χ0) is 21.4. The minimum atomic E-state index is -1.09. The van der Waals surface area contributed by atoms with Gasteiger partial charge in [-0.05, 0) is 29.8 Å². The van der Waals surface area contributed by atoms with Crippen molar-refractivity contribution in [1.82, 2.24) is 0 Å². The van der Waals surface area contributed by atoms with E-state index in [-0.39, 0.29) is 0 Å². The minimum Gasteiger partial charge on any atom is -0.467 e. The van der Waals surface area contributed by atoms with Gasteiger partial charge in [-0.2, -0.15) is 0 Å². The predicted molar refractivity (Wildman–Crippen MR) is 106 cm³/mol. The van der Waals surface area contributed by atoms with E-state index in [1.165, 1.54) is 38.3 Å². The molecule has 2 aliphatic heterocycles. The average Bonchev–Trinajstić information content (AvgIpc) is 3.26. The van der Waals surface area contributed by atoms with Crippen molar-refractivity contribution in [2.75, 3.05) is 12.0 Å². The van der Waals surface area contributed by atoms with Gasteiger partial charge in [-0.15, -0.1) is 0 Å². The number of hydrogen-bond donors (Lipinski definition) is 0. The molecule has 0 aliphatic carbocycles.